The summed E-state index contributed by atoms with van der Waals surface area (Å²) in [6.45, 7) is 0. The average Bonchev–Trinajstić information content (AvgIpc) is 3.77. The monoisotopic (exact) mass is 900 g/mol. The highest BCUT2D eigenvalue weighted by molar-refractivity contribution is 8.34. The van der Waals surface area contributed by atoms with Gasteiger partial charge in [-0.1, -0.05) is 188 Å². The first-order chi connectivity index (χ1) is 34.2. The molecule has 0 saturated heterocycles. The van der Waals surface area contributed by atoms with Crippen molar-refractivity contribution in [1.29, 1.82) is 0 Å². The lowest BCUT2D eigenvalue weighted by molar-refractivity contribution is 1.18. The van der Waals surface area contributed by atoms with Gasteiger partial charge in [-0.25, -0.2) is 0 Å². The highest BCUT2D eigenvalue weighted by atomic mass is 32.3. The van der Waals surface area contributed by atoms with Crippen molar-refractivity contribution in [2.45, 2.75) is 19.6 Å². The van der Waals surface area contributed by atoms with E-state index in [2.05, 4.69) is 301 Å². The molecule has 0 aliphatic heterocycles. The summed E-state index contributed by atoms with van der Waals surface area (Å²) in [6.07, 6.45) is 0. The molecule has 1 aromatic heterocycles. The second-order valence-corrected chi connectivity index (χ2v) is 20.4. The van der Waals surface area contributed by atoms with Gasteiger partial charge >= 0.3 is 0 Å². The van der Waals surface area contributed by atoms with Crippen LogP contribution in [0.25, 0.3) is 60.9 Å². The van der Waals surface area contributed by atoms with Crippen LogP contribution >= 0.6 is 10.0 Å². The van der Waals surface area contributed by atoms with Crippen molar-refractivity contribution in [3.8, 4) is 39.1 Å². The molecule has 0 saturated carbocycles. The summed E-state index contributed by atoms with van der Waals surface area (Å²) < 4.78 is 2.45. The SMILES string of the molecule is c1ccc(-c2ccc(N(c3cccc(-c4cc(-c5ccccc5)ccc4-n4c5ccccc5c5ccccc54)c3)c3cccc(S(c4ccccc4)(c4ccccc4)c4ccccc4)c3)cc2)cc1. The standard InChI is InChI=1S/C66H48N2S/c1-6-22-49(23-7-1)51-40-43-54(44-41-51)67(56-28-21-35-60(48-56)69(57-29-10-3-11-30-57,58-31-12-4-13-32-58)59-33-14-5-15-34-59)55-27-20-26-53(46-55)63-47-52(50-24-8-2-9-25-50)42-45-66(63)68-64-38-18-16-36-61(64)62-37-17-19-39-65(62)68/h1-48H. The molecular formula is C66H48N2S. The molecule has 0 aliphatic rings. The maximum absolute atomic E-state index is 2.45. The maximum atomic E-state index is 2.45. The van der Waals surface area contributed by atoms with Crippen molar-refractivity contribution in [3.63, 3.8) is 0 Å². The lowest BCUT2D eigenvalue weighted by Crippen LogP contribution is -2.11. The zero-order chi connectivity index (χ0) is 46.0. The van der Waals surface area contributed by atoms with Crippen LogP contribution in [0, 0.1) is 0 Å². The van der Waals surface area contributed by atoms with E-state index in [4.69, 9.17) is 0 Å². The third-order valence-corrected chi connectivity index (χ3v) is 17.2. The molecule has 0 fully saturated rings. The molecule has 0 atom stereocenters. The minimum Gasteiger partial charge on any atom is -0.310 e. The van der Waals surface area contributed by atoms with Crippen molar-refractivity contribution >= 4 is 48.9 Å². The van der Waals surface area contributed by atoms with E-state index in [0.717, 1.165) is 33.9 Å². The molecule has 0 aliphatic carbocycles. The van der Waals surface area contributed by atoms with Gasteiger partial charge in [0.25, 0.3) is 0 Å². The van der Waals surface area contributed by atoms with E-state index in [1.165, 1.54) is 63.6 Å². The fraction of sp³-hybridized carbons (Fsp3) is 0. The molecule has 12 aromatic rings. The largest absolute Gasteiger partial charge is 0.310 e. The Labute approximate surface area is 406 Å². The fourth-order valence-corrected chi connectivity index (χ4v) is 14.1. The van der Waals surface area contributed by atoms with Crippen molar-refractivity contribution in [2.75, 3.05) is 4.90 Å². The Morgan fingerprint density at radius 3 is 1.22 bits per heavy atom. The Bertz CT molecular complexity index is 3550. The van der Waals surface area contributed by atoms with E-state index in [9.17, 15) is 0 Å². The summed E-state index contributed by atoms with van der Waals surface area (Å²) in [7, 11) is -1.95. The molecule has 2 nitrogen and oxygen atoms in total. The Kier molecular flexibility index (Phi) is 11.0. The van der Waals surface area contributed by atoms with Crippen molar-refractivity contribution in [1.82, 2.24) is 4.57 Å². The molecule has 0 amide bonds. The van der Waals surface area contributed by atoms with Gasteiger partial charge < -0.3 is 9.47 Å². The van der Waals surface area contributed by atoms with Gasteiger partial charge in [0.1, 0.15) is 0 Å². The van der Waals surface area contributed by atoms with Gasteiger partial charge in [-0.05, 0) is 131 Å². The topological polar surface area (TPSA) is 8.17 Å². The number of para-hydroxylation sites is 2. The van der Waals surface area contributed by atoms with Crippen LogP contribution in [0.5, 0.6) is 0 Å². The molecule has 0 radical (unpaired) electrons. The minimum absolute atomic E-state index is 1.06. The number of anilines is 3. The quantitative estimate of drug-likeness (QED) is 0.126. The molecule has 0 spiro atoms. The second-order valence-electron chi connectivity index (χ2n) is 17.3. The summed E-state index contributed by atoms with van der Waals surface area (Å²) in [4.78, 5) is 7.56. The smallest absolute Gasteiger partial charge is 0.0541 e. The van der Waals surface area contributed by atoms with Gasteiger partial charge in [-0.15, -0.1) is 10.0 Å². The highest BCUT2D eigenvalue weighted by Crippen LogP contribution is 2.73. The highest BCUT2D eigenvalue weighted by Gasteiger charge is 2.34. The molecule has 12 rings (SSSR count). The van der Waals surface area contributed by atoms with Crippen LogP contribution in [0.3, 0.4) is 0 Å². The first kappa shape index (κ1) is 41.8. The molecular weight excluding hydrogens is 853 g/mol. The third kappa shape index (κ3) is 7.60. The molecule has 0 bridgehead atoms. The zero-order valence-electron chi connectivity index (χ0n) is 38.0. The minimum atomic E-state index is -1.95. The summed E-state index contributed by atoms with van der Waals surface area (Å²) in [5, 5.41) is 2.48. The Morgan fingerprint density at radius 2 is 0.667 bits per heavy atom. The first-order valence-electron chi connectivity index (χ1n) is 23.6. The predicted octanol–water partition coefficient (Wildman–Crippen LogP) is 18.6. The summed E-state index contributed by atoms with van der Waals surface area (Å²) >= 11 is 0. The van der Waals surface area contributed by atoms with Crippen LogP contribution in [0.15, 0.2) is 311 Å². The number of nitrogens with zero attached hydrogens (tertiary/aromatic N) is 2. The number of rotatable bonds is 11. The van der Waals surface area contributed by atoms with Crippen LogP contribution in [-0.2, 0) is 0 Å². The van der Waals surface area contributed by atoms with Gasteiger partial charge in [0.05, 0.1) is 16.7 Å². The van der Waals surface area contributed by atoms with Crippen LogP contribution in [0.4, 0.5) is 17.1 Å². The molecule has 3 heteroatoms. The zero-order valence-corrected chi connectivity index (χ0v) is 38.8. The number of benzene rings is 11. The maximum Gasteiger partial charge on any atom is 0.0541 e. The summed E-state index contributed by atoms with van der Waals surface area (Å²) in [5.41, 5.74) is 13.7. The first-order valence-corrected chi connectivity index (χ1v) is 25.2. The van der Waals surface area contributed by atoms with E-state index in [1.807, 2.05) is 0 Å². The number of fused-ring (bicyclic) bond motifs is 3. The lowest BCUT2D eigenvalue weighted by atomic mass is 9.96. The van der Waals surface area contributed by atoms with Crippen molar-refractivity contribution < 1.29 is 0 Å². The van der Waals surface area contributed by atoms with E-state index in [1.54, 1.807) is 0 Å². The van der Waals surface area contributed by atoms with Crippen molar-refractivity contribution in [2.24, 2.45) is 0 Å². The molecule has 1 heterocycles. The van der Waals surface area contributed by atoms with Crippen LogP contribution in [0.1, 0.15) is 0 Å². The second kappa shape index (κ2) is 18.2. The summed E-state index contributed by atoms with van der Waals surface area (Å²) in [6, 6.07) is 107. The number of hydrogen-bond acceptors (Lipinski definition) is 1. The molecule has 0 N–H and O–H groups in total. The predicted molar refractivity (Wildman–Crippen MR) is 292 cm³/mol. The van der Waals surface area contributed by atoms with E-state index in [-0.39, 0.29) is 0 Å². The van der Waals surface area contributed by atoms with Gasteiger partial charge in [-0.2, -0.15) is 0 Å². The van der Waals surface area contributed by atoms with Crippen LogP contribution in [-0.4, -0.2) is 4.57 Å². The Morgan fingerprint density at radius 1 is 0.261 bits per heavy atom. The molecule has 0 unspecified atom stereocenters. The van der Waals surface area contributed by atoms with E-state index in [0.29, 0.717) is 0 Å². The van der Waals surface area contributed by atoms with Crippen LogP contribution < -0.4 is 4.90 Å². The number of hydrogen-bond donors (Lipinski definition) is 0. The molecule has 69 heavy (non-hydrogen) atoms. The van der Waals surface area contributed by atoms with E-state index < -0.39 is 10.0 Å². The number of aromatic nitrogens is 1. The van der Waals surface area contributed by atoms with Crippen LogP contribution in [0.2, 0.25) is 0 Å². The Balaban J connectivity index is 1.09. The lowest BCUT2D eigenvalue weighted by Gasteiger charge is -2.42. The molecule has 328 valence electrons. The summed E-state index contributed by atoms with van der Waals surface area (Å²) in [5.74, 6) is 0. The normalized spacial score (nSPS) is 11.7. The third-order valence-electron chi connectivity index (χ3n) is 13.3. The van der Waals surface area contributed by atoms with Gasteiger partial charge in [-0.3, -0.25) is 0 Å². The molecule has 11 aromatic carbocycles. The van der Waals surface area contributed by atoms with Gasteiger partial charge in [0.2, 0.25) is 0 Å². The Hall–Kier alpha value is -8.63. The van der Waals surface area contributed by atoms with Gasteiger partial charge in [0, 0.05) is 53.0 Å². The van der Waals surface area contributed by atoms with Gasteiger partial charge in [0.15, 0.2) is 0 Å². The van der Waals surface area contributed by atoms with E-state index >= 15 is 0 Å². The average molecular weight is 901 g/mol. The van der Waals surface area contributed by atoms with Crippen molar-refractivity contribution in [3.05, 3.63) is 291 Å². The fourth-order valence-electron chi connectivity index (χ4n) is 10.2.